The van der Waals surface area contributed by atoms with Gasteiger partial charge in [0, 0.05) is 17.5 Å². The van der Waals surface area contributed by atoms with Crippen molar-refractivity contribution in [3.8, 4) is 0 Å². The smallest absolute Gasteiger partial charge is 0.269 e. The minimum Gasteiger partial charge on any atom is -0.269 e. The van der Waals surface area contributed by atoms with E-state index in [-0.39, 0.29) is 21.7 Å². The fourth-order valence-corrected chi connectivity index (χ4v) is 4.31. The van der Waals surface area contributed by atoms with Crippen LogP contribution in [0.4, 0.5) is 10.5 Å². The summed E-state index contributed by atoms with van der Waals surface area (Å²) in [7, 11) is 0. The van der Waals surface area contributed by atoms with Gasteiger partial charge in [-0.15, -0.1) is 0 Å². The molecule has 1 saturated heterocycles. The molecule has 1 aliphatic heterocycles. The van der Waals surface area contributed by atoms with Gasteiger partial charge >= 0.3 is 0 Å². The van der Waals surface area contributed by atoms with E-state index in [1.54, 1.807) is 19.1 Å². The van der Waals surface area contributed by atoms with Crippen LogP contribution < -0.4 is 0 Å². The number of hydrogen-bond donors (Lipinski definition) is 0. The van der Waals surface area contributed by atoms with Crippen LogP contribution in [0, 0.1) is 17.0 Å². The zero-order chi connectivity index (χ0) is 19.6. The van der Waals surface area contributed by atoms with E-state index in [1.807, 2.05) is 31.2 Å². The Morgan fingerprint density at radius 2 is 1.89 bits per heavy atom. The van der Waals surface area contributed by atoms with E-state index in [0.29, 0.717) is 17.0 Å². The number of imide groups is 1. The number of hydrogen-bond acceptors (Lipinski definition) is 6. The van der Waals surface area contributed by atoms with E-state index >= 15 is 0 Å². The third kappa shape index (κ3) is 4.23. The Balaban J connectivity index is 1.91. The molecule has 0 aromatic heterocycles. The van der Waals surface area contributed by atoms with Crippen LogP contribution in [0.2, 0.25) is 0 Å². The molecule has 0 unspecified atom stereocenters. The van der Waals surface area contributed by atoms with Crippen molar-refractivity contribution in [1.82, 2.24) is 4.90 Å². The molecular formula is C19H16N2O4S2. The molecule has 1 aliphatic rings. The Bertz CT molecular complexity index is 955. The zero-order valence-corrected chi connectivity index (χ0v) is 16.3. The van der Waals surface area contributed by atoms with Crippen molar-refractivity contribution < 1.29 is 14.5 Å². The second-order valence-electron chi connectivity index (χ2n) is 5.83. The highest BCUT2D eigenvalue weighted by Crippen LogP contribution is 2.37. The number of nitro groups is 1. The van der Waals surface area contributed by atoms with Crippen molar-refractivity contribution in [2.24, 2.45) is 0 Å². The molecule has 27 heavy (non-hydrogen) atoms. The van der Waals surface area contributed by atoms with Crippen LogP contribution in [0.15, 0.2) is 57.2 Å². The Kier molecular flexibility index (Phi) is 5.67. The third-order valence-electron chi connectivity index (χ3n) is 3.92. The van der Waals surface area contributed by atoms with Gasteiger partial charge in [-0.2, -0.15) is 0 Å². The van der Waals surface area contributed by atoms with Crippen molar-refractivity contribution in [3.05, 3.63) is 68.6 Å². The molecule has 2 aromatic rings. The lowest BCUT2D eigenvalue weighted by Crippen LogP contribution is -2.27. The molecule has 6 nitrogen and oxygen atoms in total. The Morgan fingerprint density at radius 3 is 2.48 bits per heavy atom. The number of nitro benzene ring substituents is 1. The minimum absolute atomic E-state index is 0.0379. The predicted octanol–water partition coefficient (Wildman–Crippen LogP) is 5.11. The largest absolute Gasteiger partial charge is 0.293 e. The van der Waals surface area contributed by atoms with Crippen molar-refractivity contribution in [1.29, 1.82) is 0 Å². The number of thioether (sulfide) groups is 1. The summed E-state index contributed by atoms with van der Waals surface area (Å²) in [5.74, 6) is -0.367. The van der Waals surface area contributed by atoms with Gasteiger partial charge < -0.3 is 0 Å². The van der Waals surface area contributed by atoms with Crippen molar-refractivity contribution in [3.63, 3.8) is 0 Å². The molecule has 0 spiro atoms. The van der Waals surface area contributed by atoms with Gasteiger partial charge in [0.05, 0.1) is 14.7 Å². The third-order valence-corrected chi connectivity index (χ3v) is 5.90. The fraction of sp³-hybridized carbons (Fsp3) is 0.158. The van der Waals surface area contributed by atoms with Crippen LogP contribution in [0.1, 0.15) is 18.1 Å². The van der Waals surface area contributed by atoms with Gasteiger partial charge in [0.1, 0.15) is 0 Å². The molecule has 1 heterocycles. The van der Waals surface area contributed by atoms with Crippen LogP contribution in [0.3, 0.4) is 0 Å². The molecule has 1 fully saturated rings. The molecule has 0 saturated carbocycles. The normalized spacial score (nSPS) is 15.6. The number of amides is 2. The number of rotatable bonds is 5. The van der Waals surface area contributed by atoms with Crippen LogP contribution in [0.5, 0.6) is 0 Å². The number of benzene rings is 2. The summed E-state index contributed by atoms with van der Waals surface area (Å²) in [6.07, 6.45) is 1.52. The Hall–Kier alpha value is -2.58. The summed E-state index contributed by atoms with van der Waals surface area (Å²) < 4.78 is 0. The SMILES string of the molecule is CCN1C(=O)S/C(=C\c2ccc(Sc3ccc(C)cc3)c([N+](=O)[O-])c2)C1=O. The first-order valence-corrected chi connectivity index (χ1v) is 9.80. The van der Waals surface area contributed by atoms with E-state index in [0.717, 1.165) is 27.1 Å². The van der Waals surface area contributed by atoms with Gasteiger partial charge in [0.15, 0.2) is 0 Å². The van der Waals surface area contributed by atoms with Gasteiger partial charge in [-0.3, -0.25) is 24.6 Å². The summed E-state index contributed by atoms with van der Waals surface area (Å²) in [6, 6.07) is 12.5. The first-order chi connectivity index (χ1) is 12.9. The molecule has 138 valence electrons. The highest BCUT2D eigenvalue weighted by atomic mass is 32.2. The molecule has 0 atom stereocenters. The number of likely N-dealkylation sites (N-methyl/N-ethyl adjacent to an activating group) is 1. The zero-order valence-electron chi connectivity index (χ0n) is 14.7. The average molecular weight is 400 g/mol. The first-order valence-electron chi connectivity index (χ1n) is 8.17. The van der Waals surface area contributed by atoms with Gasteiger partial charge in [-0.25, -0.2) is 0 Å². The summed E-state index contributed by atoms with van der Waals surface area (Å²) in [5.41, 5.74) is 1.59. The topological polar surface area (TPSA) is 80.5 Å². The second-order valence-corrected chi connectivity index (χ2v) is 7.93. The fourth-order valence-electron chi connectivity index (χ4n) is 2.51. The lowest BCUT2D eigenvalue weighted by Gasteiger charge is -2.07. The maximum atomic E-state index is 12.2. The minimum atomic E-state index is -0.439. The van der Waals surface area contributed by atoms with E-state index in [1.165, 1.54) is 23.9 Å². The maximum Gasteiger partial charge on any atom is 0.293 e. The average Bonchev–Trinajstić information content (AvgIpc) is 2.90. The van der Waals surface area contributed by atoms with Crippen LogP contribution in [-0.4, -0.2) is 27.5 Å². The number of carbonyl (C=O) groups excluding carboxylic acids is 2. The van der Waals surface area contributed by atoms with E-state index in [2.05, 4.69) is 0 Å². The highest BCUT2D eigenvalue weighted by molar-refractivity contribution is 8.18. The van der Waals surface area contributed by atoms with Crippen LogP contribution >= 0.6 is 23.5 Å². The monoisotopic (exact) mass is 400 g/mol. The molecule has 8 heteroatoms. The van der Waals surface area contributed by atoms with E-state index in [4.69, 9.17) is 0 Å². The van der Waals surface area contributed by atoms with E-state index in [9.17, 15) is 19.7 Å². The summed E-state index contributed by atoms with van der Waals surface area (Å²) in [4.78, 5) is 37.9. The van der Waals surface area contributed by atoms with Crippen LogP contribution in [-0.2, 0) is 4.79 Å². The molecule has 0 N–H and O–H groups in total. The first kappa shape index (κ1) is 19.2. The molecule has 0 aliphatic carbocycles. The van der Waals surface area contributed by atoms with Crippen molar-refractivity contribution >= 4 is 46.4 Å². The summed E-state index contributed by atoms with van der Waals surface area (Å²) in [5, 5.41) is 11.2. The standard InChI is InChI=1S/C19H16N2O4S2/c1-3-20-18(22)17(27-19(20)23)11-13-6-9-16(15(10-13)21(24)25)26-14-7-4-12(2)5-8-14/h4-11H,3H2,1-2H3/b17-11-. The van der Waals surface area contributed by atoms with Gasteiger partial charge in [0.25, 0.3) is 16.8 Å². The molecule has 3 rings (SSSR count). The number of aryl methyl sites for hydroxylation is 1. The van der Waals surface area contributed by atoms with Gasteiger partial charge in [-0.05, 0) is 55.4 Å². The number of nitrogens with zero attached hydrogens (tertiary/aromatic N) is 2. The van der Waals surface area contributed by atoms with E-state index < -0.39 is 4.92 Å². The molecule has 2 amide bonds. The lowest BCUT2D eigenvalue weighted by molar-refractivity contribution is -0.387. The van der Waals surface area contributed by atoms with Gasteiger partial charge in [0.2, 0.25) is 0 Å². The highest BCUT2D eigenvalue weighted by Gasteiger charge is 2.33. The quantitative estimate of drug-likeness (QED) is 0.394. The van der Waals surface area contributed by atoms with Crippen LogP contribution in [0.25, 0.3) is 6.08 Å². The molecule has 2 aromatic carbocycles. The Morgan fingerprint density at radius 1 is 1.19 bits per heavy atom. The Labute approximate surface area is 164 Å². The van der Waals surface area contributed by atoms with Gasteiger partial charge in [-0.1, -0.05) is 35.5 Å². The maximum absolute atomic E-state index is 12.2. The molecule has 0 radical (unpaired) electrons. The van der Waals surface area contributed by atoms with Crippen molar-refractivity contribution in [2.75, 3.05) is 6.54 Å². The summed E-state index contributed by atoms with van der Waals surface area (Å²) in [6.45, 7) is 4.00. The van der Waals surface area contributed by atoms with Crippen molar-refractivity contribution in [2.45, 2.75) is 23.6 Å². The number of carbonyl (C=O) groups is 2. The second kappa shape index (κ2) is 7.98. The molecule has 0 bridgehead atoms. The predicted molar refractivity (Wildman–Crippen MR) is 107 cm³/mol. The lowest BCUT2D eigenvalue weighted by atomic mass is 10.2. The molecular weight excluding hydrogens is 384 g/mol. The summed E-state index contributed by atoms with van der Waals surface area (Å²) >= 11 is 2.16.